The number of carboxylic acid groups (broad SMARTS) is 1. The van der Waals surface area contributed by atoms with Gasteiger partial charge in [0, 0.05) is 6.42 Å². The molecule has 0 aliphatic heterocycles. The molecule has 2 aromatic heterocycles. The summed E-state index contributed by atoms with van der Waals surface area (Å²) in [5, 5.41) is 11.7. The van der Waals surface area contributed by atoms with Crippen LogP contribution in [0.5, 0.6) is 0 Å². The van der Waals surface area contributed by atoms with Crippen molar-refractivity contribution in [2.24, 2.45) is 0 Å². The molecule has 0 unspecified atom stereocenters. The van der Waals surface area contributed by atoms with Gasteiger partial charge in [-0.3, -0.25) is 14.6 Å². The van der Waals surface area contributed by atoms with Crippen LogP contribution in [0.25, 0.3) is 11.2 Å². The molecule has 0 fully saturated rings. The molecule has 1 amide bonds. The predicted octanol–water partition coefficient (Wildman–Crippen LogP) is -0.279. The number of H-pyrrole nitrogens is 1. The van der Waals surface area contributed by atoms with Gasteiger partial charge in [0.15, 0.2) is 11.2 Å². The second kappa shape index (κ2) is 6.97. The first-order valence-electron chi connectivity index (χ1n) is 7.54. The Balaban J connectivity index is 1.84. The van der Waals surface area contributed by atoms with E-state index < -0.39 is 23.5 Å². The number of carbonyl (C=O) groups excluding carboxylic acids is 1. The zero-order valence-electron chi connectivity index (χ0n) is 13.3. The molecule has 0 aliphatic rings. The minimum Gasteiger partial charge on any atom is -0.480 e. The number of nitrogens with zero attached hydrogens (tertiary/aromatic N) is 3. The average molecular weight is 354 g/mol. The van der Waals surface area contributed by atoms with Gasteiger partial charge in [-0.2, -0.15) is 4.98 Å². The monoisotopic (exact) mass is 354 g/mol. The summed E-state index contributed by atoms with van der Waals surface area (Å²) in [5.41, 5.74) is 5.27. The van der Waals surface area contributed by atoms with E-state index in [1.165, 1.54) is 0 Å². The van der Waals surface area contributed by atoms with Crippen molar-refractivity contribution in [2.75, 3.05) is 5.73 Å². The minimum absolute atomic E-state index is 0.0742. The van der Waals surface area contributed by atoms with E-state index in [1.807, 2.05) is 6.07 Å². The molecule has 26 heavy (non-hydrogen) atoms. The number of carbonyl (C=O) groups is 2. The molecule has 0 aliphatic carbocycles. The van der Waals surface area contributed by atoms with E-state index in [-0.39, 0.29) is 29.2 Å². The van der Waals surface area contributed by atoms with Gasteiger partial charge in [-0.05, 0) is 5.56 Å². The van der Waals surface area contributed by atoms with Crippen molar-refractivity contribution < 1.29 is 14.7 Å². The highest BCUT2D eigenvalue weighted by atomic mass is 16.4. The lowest BCUT2D eigenvalue weighted by molar-refractivity contribution is -0.139. The number of nitrogens with two attached hydrogens (primary N) is 1. The van der Waals surface area contributed by atoms with Gasteiger partial charge in [-0.1, -0.05) is 30.3 Å². The molecular formula is C16H14N6O4. The van der Waals surface area contributed by atoms with Crippen molar-refractivity contribution in [3.8, 4) is 0 Å². The van der Waals surface area contributed by atoms with Crippen LogP contribution in [0.3, 0.4) is 0 Å². The first-order chi connectivity index (χ1) is 12.4. The average Bonchev–Trinajstić information content (AvgIpc) is 2.61. The molecule has 5 N–H and O–H groups in total. The van der Waals surface area contributed by atoms with Crippen molar-refractivity contribution in [3.63, 3.8) is 0 Å². The van der Waals surface area contributed by atoms with Crippen LogP contribution >= 0.6 is 0 Å². The van der Waals surface area contributed by atoms with Gasteiger partial charge >= 0.3 is 5.97 Å². The summed E-state index contributed by atoms with van der Waals surface area (Å²) < 4.78 is 0. The summed E-state index contributed by atoms with van der Waals surface area (Å²) >= 11 is 0. The number of amides is 1. The molecule has 0 bridgehead atoms. The normalized spacial score (nSPS) is 11.8. The molecule has 10 heteroatoms. The maximum Gasteiger partial charge on any atom is 0.326 e. The Kier molecular flexibility index (Phi) is 4.56. The summed E-state index contributed by atoms with van der Waals surface area (Å²) in [6, 6.07) is 7.73. The number of carboxylic acids is 1. The molecule has 0 radical (unpaired) electrons. The maximum atomic E-state index is 12.3. The van der Waals surface area contributed by atoms with Gasteiger partial charge in [0.25, 0.3) is 11.5 Å². The highest BCUT2D eigenvalue weighted by Crippen LogP contribution is 2.06. The Morgan fingerprint density at radius 1 is 1.23 bits per heavy atom. The number of nitrogens with one attached hydrogen (secondary N) is 2. The van der Waals surface area contributed by atoms with Crippen molar-refractivity contribution >= 4 is 29.0 Å². The molecule has 1 aromatic carbocycles. The smallest absolute Gasteiger partial charge is 0.326 e. The number of rotatable bonds is 5. The fourth-order valence-corrected chi connectivity index (χ4v) is 2.33. The Morgan fingerprint density at radius 2 is 1.96 bits per heavy atom. The maximum absolute atomic E-state index is 12.3. The molecule has 0 saturated carbocycles. The van der Waals surface area contributed by atoms with Crippen molar-refractivity contribution in [3.05, 3.63) is 58.1 Å². The van der Waals surface area contributed by atoms with Gasteiger partial charge in [0.1, 0.15) is 11.7 Å². The molecule has 132 valence electrons. The van der Waals surface area contributed by atoms with Crippen LogP contribution in [0, 0.1) is 0 Å². The first kappa shape index (κ1) is 17.0. The second-order valence-corrected chi connectivity index (χ2v) is 5.43. The van der Waals surface area contributed by atoms with Gasteiger partial charge in [-0.25, -0.2) is 14.8 Å². The third-order valence-corrected chi connectivity index (χ3v) is 3.56. The van der Waals surface area contributed by atoms with E-state index in [2.05, 4.69) is 25.3 Å². The number of hydrogen-bond donors (Lipinski definition) is 4. The van der Waals surface area contributed by atoms with E-state index in [0.29, 0.717) is 0 Å². The fraction of sp³-hybridized carbons (Fsp3) is 0.125. The number of benzene rings is 1. The number of nitrogen functional groups attached to an aromatic ring is 1. The molecule has 0 spiro atoms. The summed E-state index contributed by atoms with van der Waals surface area (Å²) in [6.07, 6.45) is 1.18. The van der Waals surface area contributed by atoms with Gasteiger partial charge in [-0.15, -0.1) is 0 Å². The zero-order chi connectivity index (χ0) is 18.7. The Labute approximate surface area is 146 Å². The lowest BCUT2D eigenvalue weighted by Gasteiger charge is -2.14. The van der Waals surface area contributed by atoms with E-state index in [1.54, 1.807) is 24.3 Å². The van der Waals surface area contributed by atoms with Crippen molar-refractivity contribution in [2.45, 2.75) is 12.5 Å². The van der Waals surface area contributed by atoms with Crippen LogP contribution in [0.15, 0.2) is 41.3 Å². The number of aliphatic carboxylic acids is 1. The number of aromatic nitrogens is 4. The highest BCUT2D eigenvalue weighted by Gasteiger charge is 2.22. The largest absolute Gasteiger partial charge is 0.480 e. The summed E-state index contributed by atoms with van der Waals surface area (Å²) in [5.74, 6) is -2.10. The van der Waals surface area contributed by atoms with Crippen molar-refractivity contribution in [1.29, 1.82) is 0 Å². The van der Waals surface area contributed by atoms with E-state index in [0.717, 1.165) is 11.8 Å². The van der Waals surface area contributed by atoms with Crippen LogP contribution in [-0.2, 0) is 11.2 Å². The minimum atomic E-state index is -1.19. The Hall–Kier alpha value is -3.82. The molecule has 1 atom stereocenters. The lowest BCUT2D eigenvalue weighted by atomic mass is 10.1. The van der Waals surface area contributed by atoms with E-state index in [4.69, 9.17) is 5.73 Å². The lowest BCUT2D eigenvalue weighted by Crippen LogP contribution is -2.42. The SMILES string of the molecule is Nc1nc2nc(C(=O)N[C@@H](Cc3ccccc3)C(=O)O)cnc2c(=O)[nH]1. The van der Waals surface area contributed by atoms with Crippen molar-refractivity contribution in [1.82, 2.24) is 25.3 Å². The molecular weight excluding hydrogens is 340 g/mol. The standard InChI is InChI=1S/C16H14N6O4/c17-16-21-12-11(14(24)22-16)18-7-10(19-12)13(23)20-9(15(25)26)6-8-4-2-1-3-5-8/h1-5,7,9H,6H2,(H,20,23)(H,25,26)(H3,17,19,21,22,24)/t9-/m0/s1. The molecule has 2 heterocycles. The zero-order valence-corrected chi connectivity index (χ0v) is 13.3. The summed E-state index contributed by atoms with van der Waals surface area (Å²) in [4.78, 5) is 49.3. The van der Waals surface area contributed by atoms with E-state index >= 15 is 0 Å². The van der Waals surface area contributed by atoms with Crippen LogP contribution in [0.1, 0.15) is 16.1 Å². The number of anilines is 1. The molecule has 0 saturated heterocycles. The third kappa shape index (κ3) is 3.64. The van der Waals surface area contributed by atoms with Crippen LogP contribution in [0.2, 0.25) is 0 Å². The van der Waals surface area contributed by atoms with Gasteiger partial charge in [0.2, 0.25) is 5.95 Å². The summed E-state index contributed by atoms with van der Waals surface area (Å²) in [7, 11) is 0. The topological polar surface area (TPSA) is 164 Å². The molecule has 10 nitrogen and oxygen atoms in total. The third-order valence-electron chi connectivity index (χ3n) is 3.56. The van der Waals surface area contributed by atoms with Crippen LogP contribution < -0.4 is 16.6 Å². The number of hydrogen-bond acceptors (Lipinski definition) is 7. The van der Waals surface area contributed by atoms with Gasteiger partial charge in [0.05, 0.1) is 6.20 Å². The number of fused-ring (bicyclic) bond motifs is 1. The van der Waals surface area contributed by atoms with E-state index in [9.17, 15) is 19.5 Å². The first-order valence-corrected chi connectivity index (χ1v) is 7.54. The van der Waals surface area contributed by atoms with Gasteiger partial charge < -0.3 is 16.2 Å². The molecule has 3 aromatic rings. The number of aromatic amines is 1. The fourth-order valence-electron chi connectivity index (χ4n) is 2.33. The van der Waals surface area contributed by atoms with Crippen LogP contribution in [0.4, 0.5) is 5.95 Å². The Bertz CT molecular complexity index is 1030. The second-order valence-electron chi connectivity index (χ2n) is 5.43. The molecule has 3 rings (SSSR count). The predicted molar refractivity (Wildman–Crippen MR) is 91.4 cm³/mol. The highest BCUT2D eigenvalue weighted by molar-refractivity contribution is 5.95. The quantitative estimate of drug-likeness (QED) is 0.486. The summed E-state index contributed by atoms with van der Waals surface area (Å²) in [6.45, 7) is 0. The Morgan fingerprint density at radius 3 is 2.65 bits per heavy atom. The van der Waals surface area contributed by atoms with Crippen LogP contribution in [-0.4, -0.2) is 43.0 Å².